The van der Waals surface area contributed by atoms with Gasteiger partial charge < -0.3 is 9.32 Å². The molecule has 0 N–H and O–H groups in total. The number of nitrogens with zero attached hydrogens (tertiary/aromatic N) is 1. The monoisotopic (exact) mass is 871 g/mol. The van der Waals surface area contributed by atoms with E-state index in [1.807, 2.05) is 11.3 Å². The molecule has 67 heavy (non-hydrogen) atoms. The summed E-state index contributed by atoms with van der Waals surface area (Å²) in [6, 6.07) is 90.1. The molecule has 0 saturated heterocycles. The summed E-state index contributed by atoms with van der Waals surface area (Å²) in [6.07, 6.45) is 0. The van der Waals surface area contributed by atoms with E-state index in [-0.39, 0.29) is 0 Å². The van der Waals surface area contributed by atoms with Crippen LogP contribution in [0.4, 0.5) is 17.1 Å². The first-order chi connectivity index (χ1) is 33.2. The molecule has 0 radical (unpaired) electrons. The van der Waals surface area contributed by atoms with Gasteiger partial charge in [-0.2, -0.15) is 0 Å². The smallest absolute Gasteiger partial charge is 0.145 e. The molecule has 0 aliphatic heterocycles. The molecule has 2 heterocycles. The van der Waals surface area contributed by atoms with Crippen molar-refractivity contribution in [1.82, 2.24) is 0 Å². The molecule has 0 amide bonds. The molecular weight excluding hydrogens is 831 g/mol. The molecule has 0 aliphatic carbocycles. The average molecular weight is 872 g/mol. The maximum atomic E-state index is 7.06. The van der Waals surface area contributed by atoms with Gasteiger partial charge in [0, 0.05) is 42.5 Å². The molecule has 0 bridgehead atoms. The lowest BCUT2D eigenvalue weighted by Crippen LogP contribution is -2.10. The zero-order valence-electron chi connectivity index (χ0n) is 36.4. The Kier molecular flexibility index (Phi) is 9.40. The Bertz CT molecular complexity index is 3950. The molecule has 0 aliphatic rings. The molecule has 0 saturated carbocycles. The van der Waals surface area contributed by atoms with E-state index in [2.05, 4.69) is 254 Å². The zero-order chi connectivity index (χ0) is 44.3. The van der Waals surface area contributed by atoms with Gasteiger partial charge in [-0.15, -0.1) is 11.3 Å². The van der Waals surface area contributed by atoms with Crippen LogP contribution in [0, 0.1) is 0 Å². The number of hydrogen-bond donors (Lipinski definition) is 0. The first kappa shape index (κ1) is 38.9. The fourth-order valence-electron chi connectivity index (χ4n) is 9.97. The predicted molar refractivity (Wildman–Crippen MR) is 286 cm³/mol. The van der Waals surface area contributed by atoms with E-state index < -0.39 is 0 Å². The van der Waals surface area contributed by atoms with Gasteiger partial charge in [-0.1, -0.05) is 182 Å². The van der Waals surface area contributed by atoms with E-state index in [0.717, 1.165) is 66.8 Å². The quantitative estimate of drug-likeness (QED) is 0.151. The van der Waals surface area contributed by atoms with Crippen molar-refractivity contribution in [2.75, 3.05) is 4.90 Å². The van der Waals surface area contributed by atoms with Crippen LogP contribution in [0.25, 0.3) is 109 Å². The lowest BCUT2D eigenvalue weighted by Gasteiger charge is -2.27. The minimum absolute atomic E-state index is 0.857. The molecule has 2 aromatic heterocycles. The van der Waals surface area contributed by atoms with Gasteiger partial charge in [0.15, 0.2) is 0 Å². The Morgan fingerprint density at radius 2 is 0.776 bits per heavy atom. The summed E-state index contributed by atoms with van der Waals surface area (Å²) in [4.78, 5) is 2.43. The minimum Gasteiger partial charge on any atom is -0.455 e. The summed E-state index contributed by atoms with van der Waals surface area (Å²) in [7, 11) is 0. The van der Waals surface area contributed by atoms with Crippen LogP contribution in [0.5, 0.6) is 0 Å². The van der Waals surface area contributed by atoms with Crippen LogP contribution < -0.4 is 4.90 Å². The van der Waals surface area contributed by atoms with Gasteiger partial charge in [-0.25, -0.2) is 0 Å². The molecule has 3 heteroatoms. The van der Waals surface area contributed by atoms with E-state index in [0.29, 0.717) is 0 Å². The van der Waals surface area contributed by atoms with E-state index >= 15 is 0 Å². The fourth-order valence-corrected chi connectivity index (χ4v) is 11.1. The van der Waals surface area contributed by atoms with Crippen molar-refractivity contribution in [3.63, 3.8) is 0 Å². The summed E-state index contributed by atoms with van der Waals surface area (Å²) in [5.74, 6) is 0. The van der Waals surface area contributed by atoms with Crippen LogP contribution in [-0.2, 0) is 0 Å². The van der Waals surface area contributed by atoms with Crippen LogP contribution in [0.2, 0.25) is 0 Å². The van der Waals surface area contributed by atoms with Crippen molar-refractivity contribution in [3.8, 4) is 55.6 Å². The number of hydrogen-bond acceptors (Lipinski definition) is 3. The van der Waals surface area contributed by atoms with Gasteiger partial charge in [0.2, 0.25) is 0 Å². The Balaban J connectivity index is 1.03. The fraction of sp³-hybridized carbons (Fsp3) is 0. The van der Waals surface area contributed by atoms with Crippen molar-refractivity contribution < 1.29 is 4.42 Å². The topological polar surface area (TPSA) is 16.4 Å². The second-order valence-electron chi connectivity index (χ2n) is 17.2. The second-order valence-corrected chi connectivity index (χ2v) is 18.3. The normalized spacial score (nSPS) is 11.6. The van der Waals surface area contributed by atoms with Crippen LogP contribution >= 0.6 is 11.3 Å². The predicted octanol–water partition coefficient (Wildman–Crippen LogP) is 18.9. The SMILES string of the molecule is c1ccc(-c2ccc3c(c2)oc2c(-c4ccccc4)ccc(N(c4ccc(-c5cc6ccccc6cc5-c5ccccc5)cc4)c4ccc5c(c4)sc4cc(-c6ccccc6)ccc45)c23)cc1. The molecule has 0 unspecified atom stereocenters. The highest BCUT2D eigenvalue weighted by molar-refractivity contribution is 7.25. The van der Waals surface area contributed by atoms with Crippen molar-refractivity contribution in [2.24, 2.45) is 0 Å². The van der Waals surface area contributed by atoms with Crippen molar-refractivity contribution in [2.45, 2.75) is 0 Å². The Hall–Kier alpha value is -8.50. The van der Waals surface area contributed by atoms with Crippen LogP contribution in [-0.4, -0.2) is 0 Å². The maximum Gasteiger partial charge on any atom is 0.145 e. The highest BCUT2D eigenvalue weighted by Crippen LogP contribution is 2.49. The molecule has 0 spiro atoms. The molecule has 0 atom stereocenters. The third-order valence-electron chi connectivity index (χ3n) is 13.3. The standard InChI is InChI=1S/C64H41NOS/c1-5-15-42(16-6-1)49-28-33-56-60(39-49)66-64-53(44-19-9-3-10-20-44)35-36-59(63(56)64)65(52-31-34-55-54-32-27-50(43-17-7-2-8-18-43)40-61(54)67-62(55)41-52)51-29-25-46(26-30-51)58-38-48-24-14-13-23-47(48)37-57(58)45-21-11-4-12-22-45/h1-41H. The van der Waals surface area contributed by atoms with E-state index in [4.69, 9.17) is 4.42 Å². The lowest BCUT2D eigenvalue weighted by atomic mass is 9.91. The van der Waals surface area contributed by atoms with Crippen molar-refractivity contribution in [3.05, 3.63) is 249 Å². The second kappa shape index (κ2) is 16.2. The molecule has 314 valence electrons. The number of thiophene rings is 1. The molecule has 11 aromatic carbocycles. The highest BCUT2D eigenvalue weighted by atomic mass is 32.1. The molecule has 0 fully saturated rings. The lowest BCUT2D eigenvalue weighted by molar-refractivity contribution is 0.670. The van der Waals surface area contributed by atoms with Gasteiger partial charge in [-0.05, 0) is 128 Å². The first-order valence-electron chi connectivity index (χ1n) is 22.8. The highest BCUT2D eigenvalue weighted by Gasteiger charge is 2.24. The number of fused-ring (bicyclic) bond motifs is 7. The van der Waals surface area contributed by atoms with Gasteiger partial charge in [0.1, 0.15) is 11.2 Å². The Labute approximate surface area is 392 Å². The summed E-state index contributed by atoms with van der Waals surface area (Å²) in [5.41, 5.74) is 16.6. The number of rotatable bonds is 8. The first-order valence-corrected chi connectivity index (χ1v) is 23.6. The molecule has 13 aromatic rings. The van der Waals surface area contributed by atoms with Crippen LogP contribution in [0.15, 0.2) is 253 Å². The van der Waals surface area contributed by atoms with Crippen LogP contribution in [0.3, 0.4) is 0 Å². The van der Waals surface area contributed by atoms with Gasteiger partial charge in [0.25, 0.3) is 0 Å². The van der Waals surface area contributed by atoms with E-state index in [1.54, 1.807) is 0 Å². The Morgan fingerprint density at radius 3 is 1.39 bits per heavy atom. The third-order valence-corrected chi connectivity index (χ3v) is 14.4. The van der Waals surface area contributed by atoms with E-state index in [9.17, 15) is 0 Å². The van der Waals surface area contributed by atoms with Gasteiger partial charge >= 0.3 is 0 Å². The van der Waals surface area contributed by atoms with Gasteiger partial charge in [0.05, 0.1) is 11.1 Å². The van der Waals surface area contributed by atoms with Gasteiger partial charge in [-0.3, -0.25) is 0 Å². The number of furan rings is 1. The maximum absolute atomic E-state index is 7.06. The summed E-state index contributed by atoms with van der Waals surface area (Å²) in [6.45, 7) is 0. The number of benzene rings is 11. The zero-order valence-corrected chi connectivity index (χ0v) is 37.3. The largest absolute Gasteiger partial charge is 0.455 e. The average Bonchev–Trinajstić information content (AvgIpc) is 3.97. The summed E-state index contributed by atoms with van der Waals surface area (Å²) >= 11 is 1.85. The summed E-state index contributed by atoms with van der Waals surface area (Å²) in [5, 5.41) is 7.13. The minimum atomic E-state index is 0.857. The van der Waals surface area contributed by atoms with E-state index in [1.165, 1.54) is 58.8 Å². The summed E-state index contributed by atoms with van der Waals surface area (Å²) < 4.78 is 9.58. The van der Waals surface area contributed by atoms with Crippen molar-refractivity contribution >= 4 is 81.3 Å². The van der Waals surface area contributed by atoms with Crippen LogP contribution in [0.1, 0.15) is 0 Å². The third kappa shape index (κ3) is 6.88. The molecular formula is C64H41NOS. The molecule has 13 rings (SSSR count). The van der Waals surface area contributed by atoms with Crippen molar-refractivity contribution in [1.29, 1.82) is 0 Å². The Morgan fingerprint density at radius 1 is 0.313 bits per heavy atom. The molecule has 2 nitrogen and oxygen atoms in total. The number of anilines is 3.